The zero-order chi connectivity index (χ0) is 17.6. The van der Waals surface area contributed by atoms with Gasteiger partial charge in [0.25, 0.3) is 5.91 Å². The second-order valence-electron chi connectivity index (χ2n) is 5.65. The van der Waals surface area contributed by atoms with Crippen LogP contribution in [0.3, 0.4) is 0 Å². The molecule has 0 atom stereocenters. The Labute approximate surface area is 138 Å². The van der Waals surface area contributed by atoms with E-state index in [1.54, 1.807) is 19.9 Å². The number of nitrogens with one attached hydrogen (secondary N) is 2. The quantitative estimate of drug-likeness (QED) is 0.705. The van der Waals surface area contributed by atoms with Gasteiger partial charge in [0, 0.05) is 18.7 Å². The van der Waals surface area contributed by atoms with Gasteiger partial charge in [-0.3, -0.25) is 4.79 Å². The van der Waals surface area contributed by atoms with Gasteiger partial charge in [-0.05, 0) is 64.4 Å². The Kier molecular flexibility index (Phi) is 7.18. The molecule has 130 valence electrons. The number of hydrogen-bond donors (Lipinski definition) is 2. The molecule has 0 aliphatic carbocycles. The van der Waals surface area contributed by atoms with Crippen molar-refractivity contribution in [2.45, 2.75) is 45.1 Å². The molecule has 0 bridgehead atoms. The van der Waals surface area contributed by atoms with E-state index in [1.165, 1.54) is 13.1 Å². The van der Waals surface area contributed by atoms with Crippen LogP contribution in [0, 0.1) is 13.8 Å². The normalized spacial score (nSPS) is 11.7. The van der Waals surface area contributed by atoms with Crippen molar-refractivity contribution >= 4 is 15.9 Å². The van der Waals surface area contributed by atoms with E-state index in [2.05, 4.69) is 10.0 Å². The minimum atomic E-state index is -3.60. The molecule has 23 heavy (non-hydrogen) atoms. The van der Waals surface area contributed by atoms with Crippen LogP contribution >= 0.6 is 0 Å². The van der Waals surface area contributed by atoms with E-state index >= 15 is 0 Å². The maximum absolute atomic E-state index is 12.2. The van der Waals surface area contributed by atoms with Crippen LogP contribution in [0.5, 0.6) is 0 Å². The van der Waals surface area contributed by atoms with Crippen molar-refractivity contribution in [2.24, 2.45) is 0 Å². The molecule has 0 fully saturated rings. The summed E-state index contributed by atoms with van der Waals surface area (Å²) in [6.45, 7) is 8.48. The lowest BCUT2D eigenvalue weighted by molar-refractivity contribution is 0.0757. The van der Waals surface area contributed by atoms with E-state index in [-0.39, 0.29) is 16.9 Å². The molecule has 6 nitrogen and oxygen atoms in total. The summed E-state index contributed by atoms with van der Waals surface area (Å²) >= 11 is 0. The molecule has 2 N–H and O–H groups in total. The van der Waals surface area contributed by atoms with E-state index < -0.39 is 10.0 Å². The first-order chi connectivity index (χ1) is 10.7. The molecule has 1 aromatic carbocycles. The van der Waals surface area contributed by atoms with Gasteiger partial charge in [-0.25, -0.2) is 13.1 Å². The summed E-state index contributed by atoms with van der Waals surface area (Å²) in [7, 11) is -2.24. The topological polar surface area (TPSA) is 84.5 Å². The number of sulfonamides is 1. The van der Waals surface area contributed by atoms with Crippen LogP contribution in [0.15, 0.2) is 17.0 Å². The number of amides is 1. The first kappa shape index (κ1) is 19.6. The van der Waals surface area contributed by atoms with Gasteiger partial charge in [0.15, 0.2) is 0 Å². The highest BCUT2D eigenvalue weighted by molar-refractivity contribution is 7.89. The van der Waals surface area contributed by atoms with Crippen LogP contribution in [0.2, 0.25) is 0 Å². The van der Waals surface area contributed by atoms with Crippen molar-refractivity contribution in [2.75, 3.05) is 20.2 Å². The summed E-state index contributed by atoms with van der Waals surface area (Å²) in [6, 6.07) is 3.11. The van der Waals surface area contributed by atoms with Gasteiger partial charge in [-0.2, -0.15) is 0 Å². The van der Waals surface area contributed by atoms with Crippen molar-refractivity contribution in [1.82, 2.24) is 10.0 Å². The highest BCUT2D eigenvalue weighted by Gasteiger charge is 2.19. The number of carbonyl (C=O) groups is 1. The van der Waals surface area contributed by atoms with Crippen molar-refractivity contribution < 1.29 is 17.9 Å². The molecule has 0 unspecified atom stereocenters. The monoisotopic (exact) mass is 342 g/mol. The smallest absolute Gasteiger partial charge is 0.251 e. The number of benzene rings is 1. The molecule has 0 aliphatic heterocycles. The molecule has 0 heterocycles. The van der Waals surface area contributed by atoms with Gasteiger partial charge >= 0.3 is 0 Å². The molecule has 7 heteroatoms. The minimum absolute atomic E-state index is 0.133. The SMILES string of the molecule is CNS(=O)(=O)c1cc(C(=O)NCCCOC(C)C)cc(C)c1C. The predicted octanol–water partition coefficient (Wildman–Crippen LogP) is 1.76. The van der Waals surface area contributed by atoms with Crippen LogP contribution in [0.1, 0.15) is 41.8 Å². The summed E-state index contributed by atoms with van der Waals surface area (Å²) in [4.78, 5) is 12.3. The fourth-order valence-electron chi connectivity index (χ4n) is 2.04. The fraction of sp³-hybridized carbons (Fsp3) is 0.562. The van der Waals surface area contributed by atoms with E-state index in [0.29, 0.717) is 30.7 Å². The average Bonchev–Trinajstić information content (AvgIpc) is 2.48. The Morgan fingerprint density at radius 2 is 1.91 bits per heavy atom. The van der Waals surface area contributed by atoms with Crippen molar-refractivity contribution in [3.8, 4) is 0 Å². The number of carbonyl (C=O) groups excluding carboxylic acids is 1. The number of aryl methyl sites for hydroxylation is 1. The summed E-state index contributed by atoms with van der Waals surface area (Å²) in [5, 5.41) is 2.78. The lowest BCUT2D eigenvalue weighted by atomic mass is 10.1. The van der Waals surface area contributed by atoms with Crippen LogP contribution in [0.4, 0.5) is 0 Å². The largest absolute Gasteiger partial charge is 0.379 e. The second-order valence-corrected chi connectivity index (χ2v) is 7.51. The zero-order valence-corrected chi connectivity index (χ0v) is 15.2. The Bertz CT molecular complexity index is 654. The number of rotatable bonds is 8. The molecule has 0 spiro atoms. The van der Waals surface area contributed by atoms with Gasteiger partial charge in [-0.15, -0.1) is 0 Å². The molecule has 1 rings (SSSR count). The van der Waals surface area contributed by atoms with Crippen LogP contribution in [0.25, 0.3) is 0 Å². The molecule has 0 aromatic heterocycles. The number of ether oxygens (including phenoxy) is 1. The van der Waals surface area contributed by atoms with Crippen molar-refractivity contribution in [3.63, 3.8) is 0 Å². The Morgan fingerprint density at radius 3 is 2.48 bits per heavy atom. The third-order valence-electron chi connectivity index (χ3n) is 3.50. The lowest BCUT2D eigenvalue weighted by Crippen LogP contribution is -2.27. The van der Waals surface area contributed by atoms with Gasteiger partial charge in [-0.1, -0.05) is 0 Å². The van der Waals surface area contributed by atoms with Crippen LogP contribution < -0.4 is 10.0 Å². The van der Waals surface area contributed by atoms with Crippen LogP contribution in [-0.4, -0.2) is 40.6 Å². The minimum Gasteiger partial charge on any atom is -0.379 e. The van der Waals surface area contributed by atoms with Crippen LogP contribution in [-0.2, 0) is 14.8 Å². The first-order valence-corrected chi connectivity index (χ1v) is 9.12. The van der Waals surface area contributed by atoms with E-state index in [4.69, 9.17) is 4.74 Å². The van der Waals surface area contributed by atoms with E-state index in [0.717, 1.165) is 5.56 Å². The first-order valence-electron chi connectivity index (χ1n) is 7.63. The van der Waals surface area contributed by atoms with E-state index in [9.17, 15) is 13.2 Å². The molecular formula is C16H26N2O4S. The molecule has 1 amide bonds. The summed E-state index contributed by atoms with van der Waals surface area (Å²) in [5.74, 6) is -0.287. The fourth-order valence-corrected chi connectivity index (χ4v) is 3.11. The van der Waals surface area contributed by atoms with Crippen molar-refractivity contribution in [1.29, 1.82) is 0 Å². The Morgan fingerprint density at radius 1 is 1.26 bits per heavy atom. The van der Waals surface area contributed by atoms with Gasteiger partial charge < -0.3 is 10.1 Å². The molecule has 0 aliphatic rings. The lowest BCUT2D eigenvalue weighted by Gasteiger charge is -2.13. The average molecular weight is 342 g/mol. The Balaban J connectivity index is 2.82. The molecular weight excluding hydrogens is 316 g/mol. The zero-order valence-electron chi connectivity index (χ0n) is 14.4. The van der Waals surface area contributed by atoms with Gasteiger partial charge in [0.2, 0.25) is 10.0 Å². The predicted molar refractivity (Wildman–Crippen MR) is 90.2 cm³/mol. The maximum atomic E-state index is 12.2. The third kappa shape index (κ3) is 5.60. The summed E-state index contributed by atoms with van der Waals surface area (Å²) < 4.78 is 31.8. The van der Waals surface area contributed by atoms with E-state index in [1.807, 2.05) is 13.8 Å². The van der Waals surface area contributed by atoms with Gasteiger partial charge in [0.1, 0.15) is 0 Å². The highest BCUT2D eigenvalue weighted by atomic mass is 32.2. The molecule has 0 saturated heterocycles. The third-order valence-corrected chi connectivity index (χ3v) is 5.04. The highest BCUT2D eigenvalue weighted by Crippen LogP contribution is 2.21. The Hall–Kier alpha value is -1.44. The number of hydrogen-bond acceptors (Lipinski definition) is 4. The maximum Gasteiger partial charge on any atom is 0.251 e. The van der Waals surface area contributed by atoms with Gasteiger partial charge in [0.05, 0.1) is 11.0 Å². The molecule has 0 saturated carbocycles. The standard InChI is InChI=1S/C16H26N2O4S/c1-11(2)22-8-6-7-18-16(19)14-9-12(3)13(4)15(10-14)23(20,21)17-5/h9-11,17H,6-8H2,1-5H3,(H,18,19). The molecule has 1 aromatic rings. The summed E-state index contributed by atoms with van der Waals surface area (Å²) in [6.07, 6.45) is 0.871. The second kappa shape index (κ2) is 8.42. The van der Waals surface area contributed by atoms with Crippen molar-refractivity contribution in [3.05, 3.63) is 28.8 Å². The summed E-state index contributed by atoms with van der Waals surface area (Å²) in [5.41, 5.74) is 1.74. The molecule has 0 radical (unpaired) electrons.